The summed E-state index contributed by atoms with van der Waals surface area (Å²) in [6, 6.07) is 11.3. The molecule has 3 heterocycles. The molecule has 2 aromatic heterocycles. The van der Waals surface area contributed by atoms with Crippen LogP contribution in [-0.2, 0) is 17.8 Å². The number of carbonyl (C=O) groups excluding carboxylic acids is 1. The SMILES string of the molecule is Cc1ccc(C2CCCN2c2ncnc(NCc3ccc(CC(N)=O)cc3)c2F)o1. The molecule has 0 aliphatic carbocycles. The number of anilines is 2. The highest BCUT2D eigenvalue weighted by Crippen LogP contribution is 2.37. The Kier molecular flexibility index (Phi) is 5.65. The van der Waals surface area contributed by atoms with Gasteiger partial charge in [-0.05, 0) is 43.0 Å². The smallest absolute Gasteiger partial charge is 0.221 e. The van der Waals surface area contributed by atoms with Crippen molar-refractivity contribution >= 4 is 17.5 Å². The highest BCUT2D eigenvalue weighted by Gasteiger charge is 2.32. The predicted octanol–water partition coefficient (Wildman–Crippen LogP) is 3.50. The number of nitrogens with one attached hydrogen (secondary N) is 1. The van der Waals surface area contributed by atoms with Gasteiger partial charge in [-0.2, -0.15) is 4.39 Å². The largest absolute Gasteiger partial charge is 0.464 e. The Labute approximate surface area is 174 Å². The normalized spacial score (nSPS) is 16.1. The summed E-state index contributed by atoms with van der Waals surface area (Å²) in [4.78, 5) is 21.2. The molecule has 0 bridgehead atoms. The molecule has 1 amide bonds. The fourth-order valence-electron chi connectivity index (χ4n) is 3.79. The fraction of sp³-hybridized carbons (Fsp3) is 0.318. The van der Waals surface area contributed by atoms with Gasteiger partial charge in [-0.25, -0.2) is 9.97 Å². The summed E-state index contributed by atoms with van der Waals surface area (Å²) < 4.78 is 21.0. The van der Waals surface area contributed by atoms with Crippen molar-refractivity contribution in [2.45, 2.75) is 38.8 Å². The molecule has 0 saturated carbocycles. The molecule has 1 aromatic carbocycles. The molecule has 3 N–H and O–H groups in total. The van der Waals surface area contributed by atoms with Crippen LogP contribution >= 0.6 is 0 Å². The minimum Gasteiger partial charge on any atom is -0.464 e. The van der Waals surface area contributed by atoms with Crippen LogP contribution in [-0.4, -0.2) is 22.4 Å². The van der Waals surface area contributed by atoms with Crippen LogP contribution in [0.4, 0.5) is 16.0 Å². The molecule has 3 aromatic rings. The van der Waals surface area contributed by atoms with Gasteiger partial charge in [0.05, 0.1) is 12.5 Å². The molecule has 1 unspecified atom stereocenters. The molecule has 30 heavy (non-hydrogen) atoms. The van der Waals surface area contributed by atoms with E-state index in [2.05, 4.69) is 15.3 Å². The van der Waals surface area contributed by atoms with E-state index in [4.69, 9.17) is 10.2 Å². The van der Waals surface area contributed by atoms with Gasteiger partial charge < -0.3 is 20.4 Å². The van der Waals surface area contributed by atoms with E-state index in [0.29, 0.717) is 13.1 Å². The first kappa shape index (κ1) is 19.9. The molecule has 7 nitrogen and oxygen atoms in total. The number of aryl methyl sites for hydroxylation is 1. The van der Waals surface area contributed by atoms with Crippen LogP contribution < -0.4 is 16.0 Å². The number of nitrogens with zero attached hydrogens (tertiary/aromatic N) is 3. The standard InChI is InChI=1S/C22H24FN5O2/c1-14-4-9-18(30-14)17-3-2-10-28(17)22-20(23)21(26-13-27-22)25-12-16-7-5-15(6-8-16)11-19(24)29/h4-9,13,17H,2-3,10-12H2,1H3,(H2,24,29)(H,25,26,27). The van der Waals surface area contributed by atoms with Gasteiger partial charge in [0.1, 0.15) is 17.8 Å². The van der Waals surface area contributed by atoms with Gasteiger partial charge in [-0.15, -0.1) is 0 Å². The molecular formula is C22H24FN5O2. The monoisotopic (exact) mass is 409 g/mol. The van der Waals surface area contributed by atoms with Gasteiger partial charge in [0.2, 0.25) is 11.7 Å². The Bertz CT molecular complexity index is 1030. The third-order valence-electron chi connectivity index (χ3n) is 5.25. The van der Waals surface area contributed by atoms with Crippen LogP contribution in [0.15, 0.2) is 47.1 Å². The maximum Gasteiger partial charge on any atom is 0.221 e. The number of hydrogen-bond acceptors (Lipinski definition) is 6. The summed E-state index contributed by atoms with van der Waals surface area (Å²) in [6.07, 6.45) is 3.40. The number of rotatable bonds is 7. The van der Waals surface area contributed by atoms with E-state index >= 15 is 4.39 Å². The third-order valence-corrected chi connectivity index (χ3v) is 5.25. The lowest BCUT2D eigenvalue weighted by molar-refractivity contribution is -0.117. The number of halogens is 1. The zero-order valence-corrected chi connectivity index (χ0v) is 16.8. The van der Waals surface area contributed by atoms with Gasteiger partial charge in [-0.1, -0.05) is 24.3 Å². The van der Waals surface area contributed by atoms with Crippen LogP contribution in [0.25, 0.3) is 0 Å². The Morgan fingerprint density at radius 1 is 1.23 bits per heavy atom. The minimum absolute atomic E-state index is 0.0336. The van der Waals surface area contributed by atoms with Crippen LogP contribution in [0.3, 0.4) is 0 Å². The average molecular weight is 409 g/mol. The Hall–Kier alpha value is -3.42. The molecule has 8 heteroatoms. The Morgan fingerprint density at radius 2 is 2.00 bits per heavy atom. The summed E-state index contributed by atoms with van der Waals surface area (Å²) in [5, 5.41) is 3.04. The third kappa shape index (κ3) is 4.27. The maximum absolute atomic E-state index is 15.2. The first-order valence-corrected chi connectivity index (χ1v) is 9.94. The number of furan rings is 1. The minimum atomic E-state index is -0.474. The quantitative estimate of drug-likeness (QED) is 0.620. The zero-order chi connectivity index (χ0) is 21.1. The maximum atomic E-state index is 15.2. The summed E-state index contributed by atoms with van der Waals surface area (Å²) in [5.41, 5.74) is 6.99. The van der Waals surface area contributed by atoms with E-state index in [0.717, 1.165) is 35.5 Å². The van der Waals surface area contributed by atoms with Crippen molar-refractivity contribution < 1.29 is 13.6 Å². The van der Waals surface area contributed by atoms with E-state index in [1.54, 1.807) is 0 Å². The van der Waals surface area contributed by atoms with Crippen LogP contribution in [0.2, 0.25) is 0 Å². The molecule has 156 valence electrons. The molecule has 1 saturated heterocycles. The van der Waals surface area contributed by atoms with Crippen LogP contribution in [0.1, 0.15) is 41.5 Å². The zero-order valence-electron chi connectivity index (χ0n) is 16.8. The van der Waals surface area contributed by atoms with Crippen molar-refractivity contribution in [1.29, 1.82) is 0 Å². The van der Waals surface area contributed by atoms with Gasteiger partial charge in [-0.3, -0.25) is 4.79 Å². The van der Waals surface area contributed by atoms with Crippen molar-refractivity contribution in [1.82, 2.24) is 9.97 Å². The average Bonchev–Trinajstić information content (AvgIpc) is 3.37. The number of carbonyl (C=O) groups is 1. The van der Waals surface area contributed by atoms with Crippen molar-refractivity contribution in [3.05, 3.63) is 71.2 Å². The van der Waals surface area contributed by atoms with Gasteiger partial charge in [0.15, 0.2) is 11.6 Å². The highest BCUT2D eigenvalue weighted by atomic mass is 19.1. The van der Waals surface area contributed by atoms with Crippen molar-refractivity contribution in [2.24, 2.45) is 5.73 Å². The summed E-state index contributed by atoms with van der Waals surface area (Å²) in [5.74, 6) is 1.25. The lowest BCUT2D eigenvalue weighted by Gasteiger charge is -2.25. The molecule has 4 rings (SSSR count). The van der Waals surface area contributed by atoms with E-state index in [9.17, 15) is 4.79 Å². The first-order chi connectivity index (χ1) is 14.5. The lowest BCUT2D eigenvalue weighted by Crippen LogP contribution is -2.25. The van der Waals surface area contributed by atoms with Gasteiger partial charge in [0.25, 0.3) is 0 Å². The molecule has 1 atom stereocenters. The summed E-state index contributed by atoms with van der Waals surface area (Å²) >= 11 is 0. The number of aromatic nitrogens is 2. The Morgan fingerprint density at radius 3 is 2.70 bits per heavy atom. The number of nitrogens with two attached hydrogens (primary N) is 1. The molecular weight excluding hydrogens is 385 g/mol. The Balaban J connectivity index is 1.48. The van der Waals surface area contributed by atoms with Crippen LogP contribution in [0, 0.1) is 12.7 Å². The molecule has 0 radical (unpaired) electrons. The van der Waals surface area contributed by atoms with E-state index in [1.165, 1.54) is 6.33 Å². The first-order valence-electron chi connectivity index (χ1n) is 9.94. The lowest BCUT2D eigenvalue weighted by atomic mass is 10.1. The summed E-state index contributed by atoms with van der Waals surface area (Å²) in [7, 11) is 0. The highest BCUT2D eigenvalue weighted by molar-refractivity contribution is 5.76. The second kappa shape index (κ2) is 8.52. The second-order valence-electron chi connectivity index (χ2n) is 7.47. The van der Waals surface area contributed by atoms with Crippen molar-refractivity contribution in [3.8, 4) is 0 Å². The fourth-order valence-corrected chi connectivity index (χ4v) is 3.79. The number of primary amides is 1. The number of hydrogen-bond donors (Lipinski definition) is 2. The summed E-state index contributed by atoms with van der Waals surface area (Å²) in [6.45, 7) is 3.00. The van der Waals surface area contributed by atoms with Crippen molar-refractivity contribution in [2.75, 3.05) is 16.8 Å². The van der Waals surface area contributed by atoms with E-state index in [1.807, 2.05) is 48.2 Å². The van der Waals surface area contributed by atoms with Crippen molar-refractivity contribution in [3.63, 3.8) is 0 Å². The predicted molar refractivity (Wildman–Crippen MR) is 111 cm³/mol. The molecule has 1 fully saturated rings. The molecule has 0 spiro atoms. The number of benzene rings is 1. The van der Waals surface area contributed by atoms with Crippen LogP contribution in [0.5, 0.6) is 0 Å². The van der Waals surface area contributed by atoms with Gasteiger partial charge in [0, 0.05) is 13.1 Å². The molecule has 1 aliphatic heterocycles. The van der Waals surface area contributed by atoms with E-state index < -0.39 is 5.82 Å². The van der Waals surface area contributed by atoms with Gasteiger partial charge >= 0.3 is 0 Å². The number of amides is 1. The molecule has 1 aliphatic rings. The van der Waals surface area contributed by atoms with E-state index in [-0.39, 0.29) is 30.0 Å². The topological polar surface area (TPSA) is 97.3 Å². The second-order valence-corrected chi connectivity index (χ2v) is 7.47.